The van der Waals surface area contributed by atoms with Gasteiger partial charge in [-0.05, 0) is 18.9 Å². The van der Waals surface area contributed by atoms with E-state index in [2.05, 4.69) is 0 Å². The second-order valence-electron chi connectivity index (χ2n) is 9.50. The highest BCUT2D eigenvalue weighted by Gasteiger charge is 2.48. The maximum Gasteiger partial charge on any atom is 0.337 e. The molecule has 7 N–H and O–H groups in total. The Balaban J connectivity index is 1.68. The quantitative estimate of drug-likeness (QED) is 0.193. The minimum absolute atomic E-state index is 0.389. The average molecular weight is 491 g/mol. The van der Waals surface area contributed by atoms with E-state index in [1.807, 2.05) is 19.9 Å². The zero-order chi connectivity index (χ0) is 25.4. The lowest BCUT2D eigenvalue weighted by Gasteiger charge is -2.42. The van der Waals surface area contributed by atoms with Crippen LogP contribution in [0, 0.1) is 5.41 Å². The molecule has 10 atom stereocenters. The number of hydrogen-bond donors (Lipinski definition) is 7. The molecule has 0 amide bonds. The van der Waals surface area contributed by atoms with E-state index in [1.165, 1.54) is 0 Å². The summed E-state index contributed by atoms with van der Waals surface area (Å²) < 4.78 is 21.5. The summed E-state index contributed by atoms with van der Waals surface area (Å²) in [7, 11) is 0. The van der Waals surface area contributed by atoms with Crippen LogP contribution in [0.3, 0.4) is 0 Å². The number of allylic oxidation sites excluding steroid dienone is 3. The molecule has 3 rings (SSSR count). The fraction of sp³-hybridized carbons (Fsp3) is 0.773. The zero-order valence-electron chi connectivity index (χ0n) is 19.2. The number of carbonyl (C=O) groups is 1. The van der Waals surface area contributed by atoms with Gasteiger partial charge in [-0.3, -0.25) is 0 Å². The lowest BCUT2D eigenvalue weighted by Crippen LogP contribution is -2.62. The van der Waals surface area contributed by atoms with E-state index in [0.29, 0.717) is 17.6 Å². The van der Waals surface area contributed by atoms with E-state index in [-0.39, 0.29) is 0 Å². The number of ether oxygens (including phenoxy) is 4. The number of hydrogen-bond acceptors (Lipinski definition) is 12. The SMILES string of the molecule is CC1=C(C(=O)O[C@@H]2O[C@@H](CO[C@H]3O[C@@H](CO)[C@@H](O)[C@@H](O)[C@H]3O)[C@@H](O)[C@@H](O)[C@H]2O)C(C)(C)CC=C1. The van der Waals surface area contributed by atoms with Crippen molar-refractivity contribution in [3.63, 3.8) is 0 Å². The van der Waals surface area contributed by atoms with Crippen LogP contribution in [-0.4, -0.2) is 116 Å². The van der Waals surface area contributed by atoms with Crippen molar-refractivity contribution in [3.05, 3.63) is 23.3 Å². The molecule has 2 saturated heterocycles. The van der Waals surface area contributed by atoms with Gasteiger partial charge in [-0.15, -0.1) is 0 Å². The Kier molecular flexibility index (Phi) is 8.51. The molecule has 0 unspecified atom stereocenters. The highest BCUT2D eigenvalue weighted by Crippen LogP contribution is 2.38. The third kappa shape index (κ3) is 5.36. The number of aliphatic hydroxyl groups is 7. The van der Waals surface area contributed by atoms with Crippen molar-refractivity contribution in [1.82, 2.24) is 0 Å². The molecule has 0 aromatic heterocycles. The van der Waals surface area contributed by atoms with Gasteiger partial charge in [-0.25, -0.2) is 4.79 Å². The molecule has 0 saturated carbocycles. The van der Waals surface area contributed by atoms with Gasteiger partial charge in [0.1, 0.15) is 48.8 Å². The second kappa shape index (κ2) is 10.7. The van der Waals surface area contributed by atoms with Gasteiger partial charge in [-0.2, -0.15) is 0 Å². The van der Waals surface area contributed by atoms with Crippen molar-refractivity contribution in [3.8, 4) is 0 Å². The van der Waals surface area contributed by atoms with Gasteiger partial charge in [0.15, 0.2) is 6.29 Å². The Morgan fingerprint density at radius 1 is 0.941 bits per heavy atom. The van der Waals surface area contributed by atoms with E-state index in [1.54, 1.807) is 13.0 Å². The summed E-state index contributed by atoms with van der Waals surface area (Å²) in [6.45, 7) is 4.31. The Bertz CT molecular complexity index is 793. The van der Waals surface area contributed by atoms with E-state index in [0.717, 1.165) is 0 Å². The molecule has 12 heteroatoms. The molecule has 0 radical (unpaired) electrons. The molecule has 0 aromatic rings. The average Bonchev–Trinajstić information content (AvgIpc) is 2.77. The van der Waals surface area contributed by atoms with Crippen LogP contribution < -0.4 is 0 Å². The first-order chi connectivity index (χ1) is 15.9. The van der Waals surface area contributed by atoms with Crippen LogP contribution in [0.4, 0.5) is 0 Å². The molecule has 2 aliphatic heterocycles. The predicted octanol–water partition coefficient (Wildman–Crippen LogP) is -2.54. The van der Waals surface area contributed by atoms with Crippen molar-refractivity contribution in [1.29, 1.82) is 0 Å². The highest BCUT2D eigenvalue weighted by atomic mass is 16.7. The molecule has 0 aromatic carbocycles. The van der Waals surface area contributed by atoms with Crippen LogP contribution in [-0.2, 0) is 23.7 Å². The third-order valence-electron chi connectivity index (χ3n) is 6.44. The van der Waals surface area contributed by atoms with Crippen LogP contribution in [0.25, 0.3) is 0 Å². The van der Waals surface area contributed by atoms with E-state index < -0.39 is 86.0 Å². The van der Waals surface area contributed by atoms with Crippen molar-refractivity contribution < 1.29 is 59.5 Å². The largest absolute Gasteiger partial charge is 0.429 e. The summed E-state index contributed by atoms with van der Waals surface area (Å²) in [6, 6.07) is 0. The Morgan fingerprint density at radius 2 is 1.50 bits per heavy atom. The fourth-order valence-corrected chi connectivity index (χ4v) is 4.40. The van der Waals surface area contributed by atoms with Crippen molar-refractivity contribution >= 4 is 5.97 Å². The summed E-state index contributed by atoms with van der Waals surface area (Å²) >= 11 is 0. The Hall–Kier alpha value is -1.45. The summed E-state index contributed by atoms with van der Waals surface area (Å²) in [5.41, 5.74) is 0.550. The van der Waals surface area contributed by atoms with Crippen molar-refractivity contribution in [2.24, 2.45) is 5.41 Å². The van der Waals surface area contributed by atoms with Crippen molar-refractivity contribution in [2.45, 2.75) is 88.6 Å². The molecule has 1 aliphatic carbocycles. The van der Waals surface area contributed by atoms with Gasteiger partial charge in [0.25, 0.3) is 0 Å². The van der Waals surface area contributed by atoms with Crippen LogP contribution in [0.15, 0.2) is 23.3 Å². The first kappa shape index (κ1) is 27.1. The van der Waals surface area contributed by atoms with Gasteiger partial charge < -0.3 is 54.7 Å². The predicted molar refractivity (Wildman–Crippen MR) is 113 cm³/mol. The molecule has 34 heavy (non-hydrogen) atoms. The van der Waals surface area contributed by atoms with Gasteiger partial charge in [0.05, 0.1) is 13.2 Å². The van der Waals surface area contributed by atoms with Crippen LogP contribution >= 0.6 is 0 Å². The zero-order valence-corrected chi connectivity index (χ0v) is 19.2. The van der Waals surface area contributed by atoms with E-state index in [9.17, 15) is 40.5 Å². The summed E-state index contributed by atoms with van der Waals surface area (Å²) in [5.74, 6) is -0.743. The summed E-state index contributed by atoms with van der Waals surface area (Å²) in [5, 5.41) is 70.0. The van der Waals surface area contributed by atoms with Crippen LogP contribution in [0.1, 0.15) is 27.2 Å². The number of aliphatic hydroxyl groups excluding tert-OH is 7. The smallest absolute Gasteiger partial charge is 0.337 e. The first-order valence-electron chi connectivity index (χ1n) is 11.1. The minimum atomic E-state index is -1.75. The lowest BCUT2D eigenvalue weighted by atomic mass is 9.76. The van der Waals surface area contributed by atoms with Gasteiger partial charge in [0.2, 0.25) is 6.29 Å². The topological polar surface area (TPSA) is 196 Å². The molecule has 12 nitrogen and oxygen atoms in total. The maximum absolute atomic E-state index is 12.9. The first-order valence-corrected chi connectivity index (χ1v) is 11.1. The Morgan fingerprint density at radius 3 is 2.09 bits per heavy atom. The monoisotopic (exact) mass is 490 g/mol. The van der Waals surface area contributed by atoms with Gasteiger partial charge in [-0.1, -0.05) is 26.0 Å². The summed E-state index contributed by atoms with van der Waals surface area (Å²) in [4.78, 5) is 12.9. The molecule has 0 bridgehead atoms. The third-order valence-corrected chi connectivity index (χ3v) is 6.44. The molecule has 3 aliphatic rings. The molecular formula is C22H34O12. The molecule has 194 valence electrons. The highest BCUT2D eigenvalue weighted by molar-refractivity contribution is 5.91. The maximum atomic E-state index is 12.9. The number of carbonyl (C=O) groups excluding carboxylic acids is 1. The van der Waals surface area contributed by atoms with E-state index in [4.69, 9.17) is 18.9 Å². The lowest BCUT2D eigenvalue weighted by molar-refractivity contribution is -0.326. The van der Waals surface area contributed by atoms with Gasteiger partial charge >= 0.3 is 5.97 Å². The van der Waals surface area contributed by atoms with Crippen LogP contribution in [0.2, 0.25) is 0 Å². The standard InChI is InChI=1S/C22H34O12/c1-9-5-4-6-22(2,3)12(9)19(30)34-21-18(29)16(27)14(25)11(33-21)8-31-20-17(28)15(26)13(24)10(7-23)32-20/h4-5,10-11,13-18,20-21,23-29H,6-8H2,1-3H3/t10-,11-,13+,14+,15+,16+,17+,18+,20-,21-/m0/s1. The fourth-order valence-electron chi connectivity index (χ4n) is 4.40. The molecule has 2 fully saturated rings. The van der Waals surface area contributed by atoms with E-state index >= 15 is 0 Å². The number of esters is 1. The van der Waals surface area contributed by atoms with Gasteiger partial charge in [0, 0.05) is 11.0 Å². The van der Waals surface area contributed by atoms with Crippen LogP contribution in [0.5, 0.6) is 0 Å². The minimum Gasteiger partial charge on any atom is -0.429 e. The normalized spacial score (nSPS) is 42.5. The second-order valence-corrected chi connectivity index (χ2v) is 9.50. The molecule has 0 spiro atoms. The molecule has 2 heterocycles. The molecular weight excluding hydrogens is 456 g/mol. The summed E-state index contributed by atoms with van der Waals surface area (Å²) in [6.07, 6.45) is -11.4. The Labute approximate surface area is 196 Å². The van der Waals surface area contributed by atoms with Crippen molar-refractivity contribution in [2.75, 3.05) is 13.2 Å². The number of rotatable bonds is 6.